The number of hydrogen-bond donors (Lipinski definition) is 1. The Hall–Kier alpha value is -3.56. The van der Waals surface area contributed by atoms with E-state index in [1.165, 1.54) is 36.4 Å². The van der Waals surface area contributed by atoms with Gasteiger partial charge < -0.3 is 14.8 Å². The van der Waals surface area contributed by atoms with Crippen molar-refractivity contribution >= 4 is 29.2 Å². The number of anilines is 2. The fraction of sp³-hybridized carbons (Fsp3) is 0.250. The number of carbonyl (C=O) groups is 3. The van der Waals surface area contributed by atoms with Gasteiger partial charge in [0.1, 0.15) is 11.8 Å². The van der Waals surface area contributed by atoms with E-state index >= 15 is 0 Å². The summed E-state index contributed by atoms with van der Waals surface area (Å²) >= 11 is 0. The molecule has 0 aromatic heterocycles. The third kappa shape index (κ3) is 4.88. The van der Waals surface area contributed by atoms with E-state index in [0.29, 0.717) is 11.4 Å². The Labute approximate surface area is 169 Å². The van der Waals surface area contributed by atoms with Gasteiger partial charge in [0, 0.05) is 5.69 Å². The zero-order chi connectivity index (χ0) is 21.9. The average molecular weight is 422 g/mol. The van der Waals surface area contributed by atoms with Crippen molar-refractivity contribution in [2.45, 2.75) is 25.7 Å². The van der Waals surface area contributed by atoms with Crippen LogP contribution in [0.15, 0.2) is 48.5 Å². The van der Waals surface area contributed by atoms with Crippen molar-refractivity contribution in [1.82, 2.24) is 0 Å². The van der Waals surface area contributed by atoms with Gasteiger partial charge in [0.05, 0.1) is 24.3 Å². The Morgan fingerprint density at radius 3 is 2.30 bits per heavy atom. The van der Waals surface area contributed by atoms with Crippen LogP contribution in [0.2, 0.25) is 0 Å². The van der Waals surface area contributed by atoms with Crippen LogP contribution < -0.4 is 15.0 Å². The van der Waals surface area contributed by atoms with E-state index in [1.54, 1.807) is 6.92 Å². The second-order valence-corrected chi connectivity index (χ2v) is 6.31. The van der Waals surface area contributed by atoms with Gasteiger partial charge in [0.15, 0.2) is 0 Å². The Morgan fingerprint density at radius 1 is 1.10 bits per heavy atom. The van der Waals surface area contributed by atoms with Crippen molar-refractivity contribution in [3.8, 4) is 5.75 Å². The summed E-state index contributed by atoms with van der Waals surface area (Å²) in [5.74, 6) is -1.87. The van der Waals surface area contributed by atoms with Gasteiger partial charge in [-0.1, -0.05) is 0 Å². The lowest BCUT2D eigenvalue weighted by Crippen LogP contribution is -2.34. The second-order valence-electron chi connectivity index (χ2n) is 6.31. The van der Waals surface area contributed by atoms with Crippen LogP contribution in [0.25, 0.3) is 0 Å². The molecule has 10 heteroatoms. The molecule has 1 saturated heterocycles. The molecule has 7 nitrogen and oxygen atoms in total. The van der Waals surface area contributed by atoms with Gasteiger partial charge in [-0.25, -0.2) is 9.69 Å². The maximum atomic E-state index is 12.7. The van der Waals surface area contributed by atoms with Crippen LogP contribution in [0.4, 0.5) is 24.5 Å². The van der Waals surface area contributed by atoms with Crippen LogP contribution >= 0.6 is 0 Å². The molecule has 1 atom stereocenters. The van der Waals surface area contributed by atoms with E-state index in [1.807, 2.05) is 0 Å². The maximum Gasteiger partial charge on any atom is 0.573 e. The minimum atomic E-state index is -4.80. The molecular formula is C20H17F3N2O5. The van der Waals surface area contributed by atoms with E-state index in [4.69, 9.17) is 4.74 Å². The molecule has 0 radical (unpaired) electrons. The van der Waals surface area contributed by atoms with Gasteiger partial charge in [-0.3, -0.25) is 9.59 Å². The first-order chi connectivity index (χ1) is 14.2. The average Bonchev–Trinajstić information content (AvgIpc) is 2.96. The molecule has 1 fully saturated rings. The molecule has 0 saturated carbocycles. The quantitative estimate of drug-likeness (QED) is 0.567. The van der Waals surface area contributed by atoms with E-state index < -0.39 is 35.9 Å². The molecule has 1 aliphatic rings. The number of esters is 1. The van der Waals surface area contributed by atoms with Crippen molar-refractivity contribution in [2.75, 3.05) is 16.8 Å². The number of nitrogens with zero attached hydrogens (tertiary/aromatic N) is 1. The lowest BCUT2D eigenvalue weighted by atomic mass is 10.2. The largest absolute Gasteiger partial charge is 0.573 e. The first-order valence-electron chi connectivity index (χ1n) is 8.94. The molecule has 0 bridgehead atoms. The second kappa shape index (κ2) is 8.44. The summed E-state index contributed by atoms with van der Waals surface area (Å²) in [4.78, 5) is 37.7. The third-order valence-electron chi connectivity index (χ3n) is 4.21. The molecule has 0 unspecified atom stereocenters. The molecule has 2 aromatic carbocycles. The summed E-state index contributed by atoms with van der Waals surface area (Å²) < 4.78 is 45.4. The minimum Gasteiger partial charge on any atom is -0.462 e. The normalized spacial score (nSPS) is 16.5. The Bertz CT molecular complexity index is 942. The van der Waals surface area contributed by atoms with Crippen molar-refractivity contribution in [3.63, 3.8) is 0 Å². The van der Waals surface area contributed by atoms with Crippen molar-refractivity contribution < 1.29 is 37.0 Å². The highest BCUT2D eigenvalue weighted by Crippen LogP contribution is 2.27. The van der Waals surface area contributed by atoms with Gasteiger partial charge in [-0.15, -0.1) is 13.2 Å². The lowest BCUT2D eigenvalue weighted by molar-refractivity contribution is -0.274. The van der Waals surface area contributed by atoms with Crippen LogP contribution in [0, 0.1) is 0 Å². The maximum absolute atomic E-state index is 12.7. The monoisotopic (exact) mass is 422 g/mol. The number of halogens is 3. The smallest absolute Gasteiger partial charge is 0.462 e. The van der Waals surface area contributed by atoms with Gasteiger partial charge in [-0.2, -0.15) is 0 Å². The SMILES string of the molecule is CCOC(=O)c1ccc(N2C(=O)C[C@H](Nc3ccc(OC(F)(F)F)cc3)C2=O)cc1. The molecule has 3 rings (SSSR count). The summed E-state index contributed by atoms with van der Waals surface area (Å²) in [6.07, 6.45) is -4.93. The predicted octanol–water partition coefficient (Wildman–Crippen LogP) is 3.51. The molecule has 0 aliphatic carbocycles. The fourth-order valence-corrected chi connectivity index (χ4v) is 2.93. The zero-order valence-corrected chi connectivity index (χ0v) is 15.7. The highest BCUT2D eigenvalue weighted by atomic mass is 19.4. The molecule has 1 aliphatic heterocycles. The Morgan fingerprint density at radius 2 is 1.73 bits per heavy atom. The number of hydrogen-bond acceptors (Lipinski definition) is 6. The molecule has 1 heterocycles. The van der Waals surface area contributed by atoms with E-state index in [-0.39, 0.29) is 18.6 Å². The van der Waals surface area contributed by atoms with Crippen LogP contribution in [0.1, 0.15) is 23.7 Å². The Balaban J connectivity index is 1.68. The summed E-state index contributed by atoms with van der Waals surface area (Å²) in [6.45, 7) is 1.90. The zero-order valence-electron chi connectivity index (χ0n) is 15.7. The fourth-order valence-electron chi connectivity index (χ4n) is 2.93. The number of benzene rings is 2. The number of alkyl halides is 3. The van der Waals surface area contributed by atoms with E-state index in [9.17, 15) is 27.6 Å². The summed E-state index contributed by atoms with van der Waals surface area (Å²) in [5.41, 5.74) is 0.946. The third-order valence-corrected chi connectivity index (χ3v) is 4.21. The first kappa shape index (κ1) is 21.2. The molecule has 2 amide bonds. The molecule has 0 spiro atoms. The van der Waals surface area contributed by atoms with Gasteiger partial charge in [0.2, 0.25) is 5.91 Å². The minimum absolute atomic E-state index is 0.126. The van der Waals surface area contributed by atoms with Crippen LogP contribution in [-0.4, -0.2) is 36.8 Å². The number of rotatable bonds is 6. The predicted molar refractivity (Wildman–Crippen MR) is 100 cm³/mol. The summed E-state index contributed by atoms with van der Waals surface area (Å²) in [7, 11) is 0. The molecular weight excluding hydrogens is 405 g/mol. The number of imide groups is 1. The number of ether oxygens (including phenoxy) is 2. The van der Waals surface area contributed by atoms with Gasteiger partial charge in [-0.05, 0) is 55.5 Å². The van der Waals surface area contributed by atoms with Crippen molar-refractivity contribution in [3.05, 3.63) is 54.1 Å². The molecule has 158 valence electrons. The molecule has 2 aromatic rings. The summed E-state index contributed by atoms with van der Waals surface area (Å²) in [5, 5.41) is 2.83. The van der Waals surface area contributed by atoms with E-state index in [2.05, 4.69) is 10.1 Å². The van der Waals surface area contributed by atoms with Gasteiger partial charge in [0.25, 0.3) is 5.91 Å². The topological polar surface area (TPSA) is 84.9 Å². The van der Waals surface area contributed by atoms with Crippen LogP contribution in [-0.2, 0) is 14.3 Å². The van der Waals surface area contributed by atoms with E-state index in [0.717, 1.165) is 17.0 Å². The highest BCUT2D eigenvalue weighted by Gasteiger charge is 2.39. The lowest BCUT2D eigenvalue weighted by Gasteiger charge is -2.16. The van der Waals surface area contributed by atoms with Crippen molar-refractivity contribution in [1.29, 1.82) is 0 Å². The van der Waals surface area contributed by atoms with Crippen molar-refractivity contribution in [2.24, 2.45) is 0 Å². The summed E-state index contributed by atoms with van der Waals surface area (Å²) in [6, 6.07) is 9.79. The Kier molecular flexibility index (Phi) is 5.95. The highest BCUT2D eigenvalue weighted by molar-refractivity contribution is 6.23. The number of carbonyl (C=O) groups excluding carboxylic acids is 3. The molecule has 1 N–H and O–H groups in total. The standard InChI is InChI=1S/C20H17F3N2O5/c1-2-29-19(28)12-3-7-14(8-4-12)25-17(26)11-16(18(25)27)24-13-5-9-15(10-6-13)30-20(21,22)23/h3-10,16,24H,2,11H2,1H3/t16-/m0/s1. The number of amides is 2. The van der Waals surface area contributed by atoms with Crippen LogP contribution in [0.3, 0.4) is 0 Å². The van der Waals surface area contributed by atoms with Gasteiger partial charge >= 0.3 is 12.3 Å². The number of nitrogens with one attached hydrogen (secondary N) is 1. The van der Waals surface area contributed by atoms with Crippen LogP contribution in [0.5, 0.6) is 5.75 Å². The first-order valence-corrected chi connectivity index (χ1v) is 8.94. The molecule has 30 heavy (non-hydrogen) atoms.